The third-order valence-electron chi connectivity index (χ3n) is 7.66. The van der Waals surface area contributed by atoms with Crippen molar-refractivity contribution in [1.29, 1.82) is 0 Å². The zero-order valence-corrected chi connectivity index (χ0v) is 21.3. The summed E-state index contributed by atoms with van der Waals surface area (Å²) in [5.41, 5.74) is 2.81. The van der Waals surface area contributed by atoms with Crippen LogP contribution in [0.1, 0.15) is 42.4 Å². The van der Waals surface area contributed by atoms with Crippen LogP contribution in [0.3, 0.4) is 0 Å². The van der Waals surface area contributed by atoms with Crippen LogP contribution in [0.15, 0.2) is 29.0 Å². The van der Waals surface area contributed by atoms with Gasteiger partial charge in [-0.25, -0.2) is 0 Å². The number of ether oxygens (including phenoxy) is 1. The van der Waals surface area contributed by atoms with E-state index in [1.807, 2.05) is 19.0 Å². The molecular formula is C27H32N2O9. The summed E-state index contributed by atoms with van der Waals surface area (Å²) in [6, 6.07) is 2.99. The number of primary amides is 1. The molecule has 1 saturated carbocycles. The molecule has 0 spiro atoms. The number of carbonyl (C=O) groups is 4. The fraction of sp³-hybridized carbons (Fsp3) is 0.481. The van der Waals surface area contributed by atoms with Gasteiger partial charge in [0.1, 0.15) is 22.8 Å². The third-order valence-corrected chi connectivity index (χ3v) is 7.66. The van der Waals surface area contributed by atoms with Gasteiger partial charge >= 0.3 is 5.97 Å². The number of phenols is 1. The number of Topliss-reactive ketones (excluding diaryl/α,β-unsaturated/α-hetero) is 2. The summed E-state index contributed by atoms with van der Waals surface area (Å²) >= 11 is 0. The molecule has 3 aliphatic carbocycles. The number of nitrogens with zero attached hydrogens (tertiary/aromatic N) is 1. The number of aliphatic hydroxyl groups excluding tert-OH is 2. The van der Waals surface area contributed by atoms with E-state index >= 15 is 0 Å². The maximum absolute atomic E-state index is 13.5. The van der Waals surface area contributed by atoms with Crippen LogP contribution in [0.25, 0.3) is 5.76 Å². The van der Waals surface area contributed by atoms with E-state index in [4.69, 9.17) is 10.5 Å². The minimum atomic E-state index is -2.60. The van der Waals surface area contributed by atoms with Gasteiger partial charge in [-0.15, -0.1) is 0 Å². The molecule has 0 aliphatic heterocycles. The number of carbonyl (C=O) groups excluding carboxylic acids is 4. The minimum absolute atomic E-state index is 0.00832. The number of amides is 1. The molecule has 1 amide bonds. The van der Waals surface area contributed by atoms with Crippen molar-refractivity contribution in [1.82, 2.24) is 4.90 Å². The Kier molecular flexibility index (Phi) is 7.35. The first kappa shape index (κ1) is 27.3. The van der Waals surface area contributed by atoms with Crippen LogP contribution in [-0.2, 0) is 36.8 Å². The van der Waals surface area contributed by atoms with Crippen LogP contribution in [0.5, 0.6) is 5.75 Å². The average molecular weight is 529 g/mol. The smallest absolute Gasteiger partial charge is 0.306 e. The summed E-state index contributed by atoms with van der Waals surface area (Å²) in [7, 11) is 3.85. The van der Waals surface area contributed by atoms with E-state index in [-0.39, 0.29) is 55.0 Å². The van der Waals surface area contributed by atoms with Crippen molar-refractivity contribution in [2.24, 2.45) is 17.6 Å². The second-order valence-electron chi connectivity index (χ2n) is 10.4. The van der Waals surface area contributed by atoms with Crippen molar-refractivity contribution in [2.75, 3.05) is 27.2 Å². The van der Waals surface area contributed by atoms with Crippen LogP contribution in [-0.4, -0.2) is 81.6 Å². The Bertz CT molecular complexity index is 1280. The van der Waals surface area contributed by atoms with Crippen LogP contribution < -0.4 is 5.73 Å². The first-order valence-electron chi connectivity index (χ1n) is 12.5. The number of fused-ring (bicyclic) bond motifs is 3. The number of benzene rings is 1. The molecule has 3 atom stereocenters. The molecule has 0 aromatic heterocycles. The molecule has 11 nitrogen and oxygen atoms in total. The van der Waals surface area contributed by atoms with Gasteiger partial charge in [0.25, 0.3) is 5.91 Å². The van der Waals surface area contributed by atoms with Gasteiger partial charge in [0.15, 0.2) is 11.4 Å². The number of hydrogen-bond acceptors (Lipinski definition) is 10. The number of ketones is 2. The van der Waals surface area contributed by atoms with Crippen molar-refractivity contribution in [3.8, 4) is 5.75 Å². The van der Waals surface area contributed by atoms with Gasteiger partial charge in [0.05, 0.1) is 12.2 Å². The molecular weight excluding hydrogens is 496 g/mol. The van der Waals surface area contributed by atoms with Gasteiger partial charge in [0.2, 0.25) is 5.78 Å². The molecule has 0 heterocycles. The van der Waals surface area contributed by atoms with E-state index in [9.17, 15) is 39.6 Å². The van der Waals surface area contributed by atoms with Crippen LogP contribution in [0, 0.1) is 11.8 Å². The van der Waals surface area contributed by atoms with E-state index in [0.717, 1.165) is 6.54 Å². The molecule has 0 radical (unpaired) electrons. The molecule has 3 aliphatic rings. The predicted octanol–water partition coefficient (Wildman–Crippen LogP) is 0.851. The van der Waals surface area contributed by atoms with Gasteiger partial charge < -0.3 is 35.8 Å². The van der Waals surface area contributed by atoms with E-state index in [1.54, 1.807) is 6.07 Å². The number of rotatable bonds is 8. The maximum Gasteiger partial charge on any atom is 0.306 e. The van der Waals surface area contributed by atoms with Crippen molar-refractivity contribution >= 4 is 29.2 Å². The quantitative estimate of drug-likeness (QED) is 0.184. The van der Waals surface area contributed by atoms with Gasteiger partial charge in [-0.3, -0.25) is 19.2 Å². The fourth-order valence-corrected chi connectivity index (χ4v) is 5.80. The summed E-state index contributed by atoms with van der Waals surface area (Å²) in [5.74, 6) is -7.08. The highest BCUT2D eigenvalue weighted by molar-refractivity contribution is 6.22. The lowest BCUT2D eigenvalue weighted by atomic mass is 9.59. The summed E-state index contributed by atoms with van der Waals surface area (Å²) < 4.78 is 5.28. The number of aryl methyl sites for hydroxylation is 1. The van der Waals surface area contributed by atoms with E-state index in [1.165, 1.54) is 6.07 Å². The van der Waals surface area contributed by atoms with Crippen molar-refractivity contribution in [3.05, 3.63) is 45.7 Å². The largest absolute Gasteiger partial charge is 0.508 e. The Morgan fingerprint density at radius 1 is 1.16 bits per heavy atom. The molecule has 1 aromatic rings. The summed E-state index contributed by atoms with van der Waals surface area (Å²) in [6.45, 7) is 1.08. The molecule has 6 N–H and O–H groups in total. The molecule has 204 valence electrons. The predicted molar refractivity (Wildman–Crippen MR) is 134 cm³/mol. The molecule has 1 fully saturated rings. The number of hydrogen-bond donors (Lipinski definition) is 5. The lowest BCUT2D eigenvalue weighted by Crippen LogP contribution is -2.58. The molecule has 1 aromatic carbocycles. The number of aliphatic hydroxyl groups is 3. The van der Waals surface area contributed by atoms with Crippen LogP contribution in [0.2, 0.25) is 0 Å². The zero-order chi connectivity index (χ0) is 27.9. The molecule has 0 saturated heterocycles. The normalized spacial score (nSPS) is 24.7. The molecule has 0 bridgehead atoms. The van der Waals surface area contributed by atoms with Crippen LogP contribution in [0.4, 0.5) is 0 Å². The second-order valence-corrected chi connectivity index (χ2v) is 10.4. The highest BCUT2D eigenvalue weighted by Gasteiger charge is 2.60. The number of nitrogens with two attached hydrogens (primary N) is 1. The Morgan fingerprint density at radius 2 is 1.87 bits per heavy atom. The third kappa shape index (κ3) is 4.56. The monoisotopic (exact) mass is 528 g/mol. The average Bonchev–Trinajstić information content (AvgIpc) is 2.83. The number of phenolic OH excluding ortho intramolecular Hbond substituents is 1. The minimum Gasteiger partial charge on any atom is -0.508 e. The molecule has 4 rings (SSSR count). The van der Waals surface area contributed by atoms with Crippen molar-refractivity contribution in [3.63, 3.8) is 0 Å². The first-order valence-corrected chi connectivity index (χ1v) is 12.5. The van der Waals surface area contributed by atoms with E-state index in [0.29, 0.717) is 24.2 Å². The molecule has 0 unspecified atom stereocenters. The Labute approximate surface area is 219 Å². The Hall–Kier alpha value is -3.70. The maximum atomic E-state index is 13.5. The van der Waals surface area contributed by atoms with Crippen molar-refractivity contribution < 1.29 is 44.3 Å². The summed E-state index contributed by atoms with van der Waals surface area (Å²) in [5, 5.41) is 43.6. The van der Waals surface area contributed by atoms with Crippen molar-refractivity contribution in [2.45, 2.75) is 44.1 Å². The number of aromatic hydroxyl groups is 1. The topological polar surface area (TPSA) is 188 Å². The first-order chi connectivity index (χ1) is 17.9. The Morgan fingerprint density at radius 3 is 2.53 bits per heavy atom. The van der Waals surface area contributed by atoms with Gasteiger partial charge in [-0.2, -0.15) is 0 Å². The SMILES string of the molecule is CN(C)CCCOC(=O)CCc1ccc(O)c2c1C[C@H]1C[C@H]3CC(=O)C(C(N)=O)=C(O)[C@@]3(O)C(=O)C1=C2O. The summed E-state index contributed by atoms with van der Waals surface area (Å²) in [4.78, 5) is 52.0. The number of esters is 1. The highest BCUT2D eigenvalue weighted by atomic mass is 16.5. The zero-order valence-electron chi connectivity index (χ0n) is 21.3. The lowest BCUT2D eigenvalue weighted by Gasteiger charge is -2.46. The standard InChI is InChI=1S/C27H32N2O9/c1-29(2)8-3-9-38-19(32)7-5-13-4-6-17(30)21-16(13)11-14-10-15-12-18(31)22(26(28)36)25(35)27(15,37)24(34)20(14)23(21)33/h4,6,14-15,30,33,35,37H,3,5,7-12H2,1-2H3,(H2,28,36)/t14-,15+,27+/m1/s1. The molecule has 11 heteroatoms. The Balaban J connectivity index is 1.64. The fourth-order valence-electron chi connectivity index (χ4n) is 5.80. The van der Waals surface area contributed by atoms with Gasteiger partial charge in [0, 0.05) is 30.9 Å². The van der Waals surface area contributed by atoms with Gasteiger partial charge in [-0.1, -0.05) is 6.07 Å². The molecule has 38 heavy (non-hydrogen) atoms. The lowest BCUT2D eigenvalue weighted by molar-refractivity contribution is -0.147. The van der Waals surface area contributed by atoms with E-state index in [2.05, 4.69) is 0 Å². The summed E-state index contributed by atoms with van der Waals surface area (Å²) in [6.07, 6.45) is 0.907. The second kappa shape index (κ2) is 10.2. The highest BCUT2D eigenvalue weighted by Crippen LogP contribution is 2.52. The van der Waals surface area contributed by atoms with Crippen LogP contribution >= 0.6 is 0 Å². The van der Waals surface area contributed by atoms with E-state index < -0.39 is 52.0 Å². The van der Waals surface area contributed by atoms with Gasteiger partial charge in [-0.05, 0) is 62.9 Å².